The molecule has 3 aromatic heterocycles. The average molecular weight is 352 g/mol. The van der Waals surface area contributed by atoms with Crippen LogP contribution in [0.3, 0.4) is 0 Å². The number of pyridine rings is 2. The summed E-state index contributed by atoms with van der Waals surface area (Å²) in [6, 6.07) is 13.8. The Hall–Kier alpha value is -2.73. The zero-order chi connectivity index (χ0) is 17.8. The van der Waals surface area contributed by atoms with E-state index in [9.17, 15) is 5.21 Å². The smallest absolute Gasteiger partial charge is 0.132 e. The molecule has 0 saturated carbocycles. The highest BCUT2D eigenvalue weighted by molar-refractivity contribution is 7.17. The van der Waals surface area contributed by atoms with Crippen LogP contribution in [-0.4, -0.2) is 20.9 Å². The Balaban J connectivity index is 1.86. The standard InChI is InChI=1S/C19H20N4OS/c1-12(2)19(23-24)16-8-7-15(25-16)14-5-4-6-17(21-14)22-18-11-13(3)9-10-20-18/h4-12,24H,1-3H3,(H,20,21,22)/b23-19+. The van der Waals surface area contributed by atoms with Gasteiger partial charge in [0.25, 0.3) is 0 Å². The van der Waals surface area contributed by atoms with E-state index in [2.05, 4.69) is 20.4 Å². The Labute approximate surface area is 151 Å². The van der Waals surface area contributed by atoms with Gasteiger partial charge in [0, 0.05) is 12.1 Å². The van der Waals surface area contributed by atoms with Crippen molar-refractivity contribution in [3.8, 4) is 10.6 Å². The number of thiophene rings is 1. The lowest BCUT2D eigenvalue weighted by Crippen LogP contribution is -2.06. The molecule has 3 heterocycles. The maximum absolute atomic E-state index is 9.22. The van der Waals surface area contributed by atoms with Crippen LogP contribution in [0.25, 0.3) is 10.6 Å². The number of nitrogens with zero attached hydrogens (tertiary/aromatic N) is 3. The summed E-state index contributed by atoms with van der Waals surface area (Å²) < 4.78 is 0. The largest absolute Gasteiger partial charge is 0.411 e. The first kappa shape index (κ1) is 17.1. The topological polar surface area (TPSA) is 70.4 Å². The quantitative estimate of drug-likeness (QED) is 0.381. The summed E-state index contributed by atoms with van der Waals surface area (Å²) in [6.07, 6.45) is 1.77. The molecule has 0 aliphatic rings. The van der Waals surface area contributed by atoms with E-state index < -0.39 is 0 Å². The van der Waals surface area contributed by atoms with Crippen LogP contribution in [0.5, 0.6) is 0 Å². The normalized spacial score (nSPS) is 11.8. The van der Waals surface area contributed by atoms with E-state index >= 15 is 0 Å². The molecule has 0 spiro atoms. The van der Waals surface area contributed by atoms with Gasteiger partial charge >= 0.3 is 0 Å². The fourth-order valence-corrected chi connectivity index (χ4v) is 3.55. The van der Waals surface area contributed by atoms with Crippen molar-refractivity contribution in [2.45, 2.75) is 20.8 Å². The first-order chi connectivity index (χ1) is 12.1. The SMILES string of the molecule is Cc1ccnc(Nc2cccc(-c3ccc(/C(=N/O)C(C)C)s3)n2)c1. The Morgan fingerprint density at radius 2 is 2.00 bits per heavy atom. The van der Waals surface area contributed by atoms with E-state index in [0.29, 0.717) is 5.71 Å². The fraction of sp³-hybridized carbons (Fsp3) is 0.211. The molecule has 0 aliphatic carbocycles. The zero-order valence-corrected chi connectivity index (χ0v) is 15.2. The Kier molecular flexibility index (Phi) is 5.09. The van der Waals surface area contributed by atoms with Crippen molar-refractivity contribution in [2.75, 3.05) is 5.32 Å². The molecule has 0 unspecified atom stereocenters. The number of anilines is 2. The van der Waals surface area contributed by atoms with Crippen molar-refractivity contribution in [2.24, 2.45) is 11.1 Å². The predicted molar refractivity (Wildman–Crippen MR) is 103 cm³/mol. The molecule has 0 bridgehead atoms. The van der Waals surface area contributed by atoms with Gasteiger partial charge in [0.1, 0.15) is 11.6 Å². The lowest BCUT2D eigenvalue weighted by molar-refractivity contribution is 0.316. The van der Waals surface area contributed by atoms with Gasteiger partial charge in [0.2, 0.25) is 0 Å². The second kappa shape index (κ2) is 7.44. The molecule has 0 fully saturated rings. The number of aromatic nitrogens is 2. The molecule has 0 atom stereocenters. The van der Waals surface area contributed by atoms with Gasteiger partial charge in [-0.25, -0.2) is 9.97 Å². The van der Waals surface area contributed by atoms with Gasteiger partial charge in [-0.3, -0.25) is 0 Å². The molecule has 25 heavy (non-hydrogen) atoms. The van der Waals surface area contributed by atoms with E-state index in [1.807, 2.05) is 63.2 Å². The van der Waals surface area contributed by atoms with Crippen LogP contribution in [0.2, 0.25) is 0 Å². The van der Waals surface area contributed by atoms with Crippen LogP contribution in [0, 0.1) is 12.8 Å². The lowest BCUT2D eigenvalue weighted by Gasteiger charge is -2.07. The summed E-state index contributed by atoms with van der Waals surface area (Å²) in [5, 5.41) is 15.9. The van der Waals surface area contributed by atoms with E-state index in [1.165, 1.54) is 0 Å². The third-order valence-corrected chi connectivity index (χ3v) is 4.82. The van der Waals surface area contributed by atoms with Crippen molar-refractivity contribution < 1.29 is 5.21 Å². The van der Waals surface area contributed by atoms with E-state index in [4.69, 9.17) is 0 Å². The Bertz CT molecular complexity index is 902. The Morgan fingerprint density at radius 3 is 2.72 bits per heavy atom. The third-order valence-electron chi connectivity index (χ3n) is 3.69. The second-order valence-electron chi connectivity index (χ2n) is 6.06. The maximum Gasteiger partial charge on any atom is 0.132 e. The van der Waals surface area contributed by atoms with Crippen LogP contribution < -0.4 is 5.32 Å². The van der Waals surface area contributed by atoms with Crippen LogP contribution in [0.4, 0.5) is 11.6 Å². The molecule has 0 aromatic carbocycles. The van der Waals surface area contributed by atoms with Crippen molar-refractivity contribution in [1.82, 2.24) is 9.97 Å². The van der Waals surface area contributed by atoms with Gasteiger partial charge in [-0.15, -0.1) is 11.3 Å². The number of hydrogen-bond acceptors (Lipinski definition) is 6. The summed E-state index contributed by atoms with van der Waals surface area (Å²) in [6.45, 7) is 6.04. The minimum Gasteiger partial charge on any atom is -0.411 e. The molecule has 128 valence electrons. The van der Waals surface area contributed by atoms with Gasteiger partial charge in [-0.05, 0) is 48.9 Å². The van der Waals surface area contributed by atoms with Gasteiger partial charge in [-0.1, -0.05) is 25.1 Å². The minimum atomic E-state index is 0.157. The predicted octanol–water partition coefficient (Wildman–Crippen LogP) is 5.09. The van der Waals surface area contributed by atoms with E-state index in [-0.39, 0.29) is 5.92 Å². The number of rotatable bonds is 5. The van der Waals surface area contributed by atoms with Crippen LogP contribution in [0.15, 0.2) is 53.8 Å². The molecule has 0 aliphatic heterocycles. The maximum atomic E-state index is 9.22. The molecule has 3 rings (SSSR count). The third kappa shape index (κ3) is 4.03. The van der Waals surface area contributed by atoms with Gasteiger partial charge in [-0.2, -0.15) is 0 Å². The summed E-state index contributed by atoms with van der Waals surface area (Å²) >= 11 is 1.57. The second-order valence-corrected chi connectivity index (χ2v) is 7.14. The van der Waals surface area contributed by atoms with Crippen LogP contribution in [0.1, 0.15) is 24.3 Å². The van der Waals surface area contributed by atoms with Gasteiger partial charge < -0.3 is 10.5 Å². The first-order valence-corrected chi connectivity index (χ1v) is 8.87. The summed E-state index contributed by atoms with van der Waals surface area (Å²) in [4.78, 5) is 10.9. The first-order valence-electron chi connectivity index (χ1n) is 8.06. The Morgan fingerprint density at radius 1 is 1.16 bits per heavy atom. The number of hydrogen-bond donors (Lipinski definition) is 2. The highest BCUT2D eigenvalue weighted by Crippen LogP contribution is 2.29. The average Bonchev–Trinajstić information content (AvgIpc) is 3.05. The molecule has 2 N–H and O–H groups in total. The molecule has 6 heteroatoms. The highest BCUT2D eigenvalue weighted by Gasteiger charge is 2.13. The highest BCUT2D eigenvalue weighted by atomic mass is 32.1. The molecular weight excluding hydrogens is 332 g/mol. The summed E-state index contributed by atoms with van der Waals surface area (Å²) in [5.74, 6) is 1.67. The number of nitrogens with one attached hydrogen (secondary N) is 1. The summed E-state index contributed by atoms with van der Waals surface area (Å²) in [7, 11) is 0. The number of oxime groups is 1. The number of aryl methyl sites for hydroxylation is 1. The molecule has 0 radical (unpaired) electrons. The monoisotopic (exact) mass is 352 g/mol. The molecule has 3 aromatic rings. The van der Waals surface area contributed by atoms with E-state index in [0.717, 1.165) is 32.6 Å². The molecular formula is C19H20N4OS. The minimum absolute atomic E-state index is 0.157. The van der Waals surface area contributed by atoms with Crippen molar-refractivity contribution in [3.05, 3.63) is 59.1 Å². The van der Waals surface area contributed by atoms with E-state index in [1.54, 1.807) is 17.5 Å². The molecule has 0 saturated heterocycles. The lowest BCUT2D eigenvalue weighted by atomic mass is 10.1. The fourth-order valence-electron chi connectivity index (χ4n) is 2.44. The van der Waals surface area contributed by atoms with Crippen LogP contribution in [-0.2, 0) is 0 Å². The summed E-state index contributed by atoms with van der Waals surface area (Å²) in [5.41, 5.74) is 2.70. The van der Waals surface area contributed by atoms with Gasteiger partial charge in [0.15, 0.2) is 0 Å². The molecule has 5 nitrogen and oxygen atoms in total. The zero-order valence-electron chi connectivity index (χ0n) is 14.4. The van der Waals surface area contributed by atoms with Crippen molar-refractivity contribution in [1.29, 1.82) is 0 Å². The van der Waals surface area contributed by atoms with Gasteiger partial charge in [0.05, 0.1) is 21.2 Å². The van der Waals surface area contributed by atoms with Crippen LogP contribution >= 0.6 is 11.3 Å². The van der Waals surface area contributed by atoms with Crippen molar-refractivity contribution >= 4 is 28.7 Å². The molecule has 0 amide bonds. The van der Waals surface area contributed by atoms with Crippen molar-refractivity contribution in [3.63, 3.8) is 0 Å².